The van der Waals surface area contributed by atoms with Crippen molar-refractivity contribution < 1.29 is 27.8 Å². The number of benzene rings is 2. The van der Waals surface area contributed by atoms with Crippen LogP contribution in [0.1, 0.15) is 42.0 Å². The van der Waals surface area contributed by atoms with Crippen LogP contribution in [0.25, 0.3) is 0 Å². The van der Waals surface area contributed by atoms with Crippen LogP contribution in [0.3, 0.4) is 0 Å². The normalized spacial score (nSPS) is 18.3. The molecule has 0 aliphatic carbocycles. The van der Waals surface area contributed by atoms with E-state index < -0.39 is 29.7 Å². The molecule has 0 bridgehead atoms. The molecule has 2 unspecified atom stereocenters. The molecule has 2 atom stereocenters. The highest BCUT2D eigenvalue weighted by Crippen LogP contribution is 2.46. The van der Waals surface area contributed by atoms with Crippen molar-refractivity contribution in [3.05, 3.63) is 89.1 Å². The van der Waals surface area contributed by atoms with E-state index in [4.69, 9.17) is 4.74 Å². The number of thioether (sulfide) groups is 1. The van der Waals surface area contributed by atoms with Gasteiger partial charge >= 0.3 is 12.1 Å². The molecule has 2 aromatic carbocycles. The summed E-state index contributed by atoms with van der Waals surface area (Å²) in [5, 5.41) is 10.3. The first-order valence-corrected chi connectivity index (χ1v) is 12.1. The first-order valence-electron chi connectivity index (χ1n) is 11.1. The lowest BCUT2D eigenvalue weighted by molar-refractivity contribution is -0.145. The number of hydrogen-bond acceptors (Lipinski definition) is 5. The van der Waals surface area contributed by atoms with Crippen LogP contribution in [0.4, 0.5) is 13.2 Å². The zero-order valence-corrected chi connectivity index (χ0v) is 20.0. The fourth-order valence-electron chi connectivity index (χ4n) is 4.42. The van der Waals surface area contributed by atoms with Crippen molar-refractivity contribution in [1.29, 1.82) is 0 Å². The second-order valence-corrected chi connectivity index (χ2v) is 9.55. The minimum absolute atomic E-state index is 0.107. The molecule has 0 saturated carbocycles. The van der Waals surface area contributed by atoms with Crippen molar-refractivity contribution in [3.63, 3.8) is 0 Å². The molecule has 184 valence electrons. The third kappa shape index (κ3) is 5.46. The highest BCUT2D eigenvalue weighted by Gasteiger charge is 2.46. The minimum atomic E-state index is -4.65. The van der Waals surface area contributed by atoms with E-state index in [1.165, 1.54) is 30.0 Å². The van der Waals surface area contributed by atoms with E-state index in [-0.39, 0.29) is 30.0 Å². The summed E-state index contributed by atoms with van der Waals surface area (Å²) in [4.78, 5) is 19.6. The zero-order chi connectivity index (χ0) is 25.2. The molecule has 0 saturated heterocycles. The third-order valence-corrected chi connectivity index (χ3v) is 6.85. The molecule has 9 heteroatoms. The number of carbonyl (C=O) groups is 1. The number of halogens is 3. The van der Waals surface area contributed by atoms with Gasteiger partial charge in [0.15, 0.2) is 0 Å². The first-order chi connectivity index (χ1) is 16.7. The number of fused-ring (bicyclic) bond motifs is 1. The average Bonchev–Trinajstić information content (AvgIpc) is 2.81. The van der Waals surface area contributed by atoms with E-state index in [0.717, 1.165) is 11.0 Å². The van der Waals surface area contributed by atoms with E-state index in [9.17, 15) is 23.1 Å². The van der Waals surface area contributed by atoms with Crippen LogP contribution in [0, 0.1) is 0 Å². The molecule has 0 amide bonds. The number of pyridine rings is 1. The smallest absolute Gasteiger partial charge is 0.416 e. The number of nitrogens with zero attached hydrogens (tertiary/aromatic N) is 2. The van der Waals surface area contributed by atoms with Gasteiger partial charge in [-0.1, -0.05) is 36.4 Å². The third-order valence-electron chi connectivity index (χ3n) is 5.78. The number of carboxylic acid groups (broad SMARTS) is 1. The Labute approximate surface area is 205 Å². The SMILES string of the molecule is CC(C)Oc1nccc2c1C(c1ccccc1C(F)(F)F)C(C(=O)O)N(CSc1ccccc1)C2. The number of hydrogen-bond donors (Lipinski definition) is 1. The summed E-state index contributed by atoms with van der Waals surface area (Å²) in [5.74, 6) is -1.88. The number of alkyl halides is 3. The summed E-state index contributed by atoms with van der Waals surface area (Å²) in [6, 6.07) is 15.1. The largest absolute Gasteiger partial charge is 0.480 e. The van der Waals surface area contributed by atoms with Gasteiger partial charge in [0.2, 0.25) is 5.88 Å². The van der Waals surface area contributed by atoms with Crippen molar-refractivity contribution in [2.75, 3.05) is 5.88 Å². The Balaban J connectivity index is 1.88. The van der Waals surface area contributed by atoms with E-state index in [1.807, 2.05) is 30.3 Å². The summed E-state index contributed by atoms with van der Waals surface area (Å²) in [7, 11) is 0. The molecule has 0 radical (unpaired) electrons. The Morgan fingerprint density at radius 3 is 2.49 bits per heavy atom. The monoisotopic (exact) mass is 502 g/mol. The van der Waals surface area contributed by atoms with Crippen molar-refractivity contribution in [3.8, 4) is 5.88 Å². The highest BCUT2D eigenvalue weighted by atomic mass is 32.2. The minimum Gasteiger partial charge on any atom is -0.480 e. The molecule has 0 spiro atoms. The fourth-order valence-corrected chi connectivity index (χ4v) is 5.33. The molecule has 1 aliphatic rings. The highest BCUT2D eigenvalue weighted by molar-refractivity contribution is 7.99. The lowest BCUT2D eigenvalue weighted by Crippen LogP contribution is -2.49. The molecule has 2 heterocycles. The van der Waals surface area contributed by atoms with E-state index in [0.29, 0.717) is 11.1 Å². The molecule has 35 heavy (non-hydrogen) atoms. The molecule has 5 nitrogen and oxygen atoms in total. The van der Waals surface area contributed by atoms with Crippen LogP contribution < -0.4 is 4.74 Å². The molecule has 1 aliphatic heterocycles. The van der Waals surface area contributed by atoms with Crippen molar-refractivity contribution in [2.24, 2.45) is 0 Å². The Bertz CT molecular complexity index is 1190. The second-order valence-electron chi connectivity index (χ2n) is 8.53. The van der Waals surface area contributed by atoms with Crippen LogP contribution in [-0.4, -0.2) is 39.0 Å². The van der Waals surface area contributed by atoms with Gasteiger partial charge in [-0.05, 0) is 49.2 Å². The standard InChI is InChI=1S/C26H25F3N2O3S/c1-16(2)34-24-21-17(12-13-30-24)14-31(15-35-18-8-4-3-5-9-18)23(25(32)33)22(21)19-10-6-7-11-20(19)26(27,28)29/h3-13,16,22-23H,14-15H2,1-2H3,(H,32,33). The number of rotatable bonds is 7. The summed E-state index contributed by atoms with van der Waals surface area (Å²) >= 11 is 1.44. The van der Waals surface area contributed by atoms with Gasteiger partial charge in [-0.3, -0.25) is 9.69 Å². The maximum atomic E-state index is 14.1. The van der Waals surface area contributed by atoms with Crippen LogP contribution in [-0.2, 0) is 17.5 Å². The van der Waals surface area contributed by atoms with Gasteiger partial charge in [-0.2, -0.15) is 13.2 Å². The summed E-state index contributed by atoms with van der Waals surface area (Å²) in [6.45, 7) is 3.83. The topological polar surface area (TPSA) is 62.7 Å². The summed E-state index contributed by atoms with van der Waals surface area (Å²) in [6.07, 6.45) is -3.39. The zero-order valence-electron chi connectivity index (χ0n) is 19.2. The van der Waals surface area contributed by atoms with E-state index >= 15 is 0 Å². The molecule has 1 aromatic heterocycles. The summed E-state index contributed by atoms with van der Waals surface area (Å²) in [5.41, 5.74) is 0.124. The molecule has 3 aromatic rings. The van der Waals surface area contributed by atoms with Gasteiger partial charge < -0.3 is 9.84 Å². The van der Waals surface area contributed by atoms with Gasteiger partial charge in [0.1, 0.15) is 6.04 Å². The summed E-state index contributed by atoms with van der Waals surface area (Å²) < 4.78 is 48.1. The quantitative estimate of drug-likeness (QED) is 0.398. The Hall–Kier alpha value is -3.04. The lowest BCUT2D eigenvalue weighted by Gasteiger charge is -2.41. The van der Waals surface area contributed by atoms with E-state index in [1.54, 1.807) is 31.0 Å². The second kappa shape index (κ2) is 10.3. The van der Waals surface area contributed by atoms with Crippen LogP contribution in [0.5, 0.6) is 5.88 Å². The Morgan fingerprint density at radius 1 is 1.14 bits per heavy atom. The van der Waals surface area contributed by atoms with Gasteiger partial charge in [-0.25, -0.2) is 4.98 Å². The predicted octanol–water partition coefficient (Wildman–Crippen LogP) is 6.04. The molecular weight excluding hydrogens is 477 g/mol. The van der Waals surface area contributed by atoms with Gasteiger partial charge in [0, 0.05) is 29.1 Å². The molecule has 4 rings (SSSR count). The number of ether oxygens (including phenoxy) is 1. The Kier molecular flexibility index (Phi) is 7.37. The van der Waals surface area contributed by atoms with Gasteiger partial charge in [0.25, 0.3) is 0 Å². The fraction of sp³-hybridized carbons (Fsp3) is 0.308. The first kappa shape index (κ1) is 25.1. The lowest BCUT2D eigenvalue weighted by atomic mass is 9.77. The van der Waals surface area contributed by atoms with Crippen LogP contribution in [0.2, 0.25) is 0 Å². The van der Waals surface area contributed by atoms with Gasteiger partial charge in [0.05, 0.1) is 17.5 Å². The maximum absolute atomic E-state index is 14.1. The average molecular weight is 503 g/mol. The molecular formula is C26H25F3N2O3S. The number of carboxylic acids is 1. The van der Waals surface area contributed by atoms with Gasteiger partial charge in [-0.15, -0.1) is 11.8 Å². The Morgan fingerprint density at radius 2 is 1.83 bits per heavy atom. The number of aromatic nitrogens is 1. The predicted molar refractivity (Wildman–Crippen MR) is 127 cm³/mol. The van der Waals surface area contributed by atoms with Crippen molar-refractivity contribution in [1.82, 2.24) is 9.88 Å². The maximum Gasteiger partial charge on any atom is 0.416 e. The number of aliphatic carboxylic acids is 1. The van der Waals surface area contributed by atoms with Crippen LogP contribution in [0.15, 0.2) is 71.8 Å². The molecule has 0 fully saturated rings. The van der Waals surface area contributed by atoms with Crippen LogP contribution >= 0.6 is 11.8 Å². The van der Waals surface area contributed by atoms with Crippen molar-refractivity contribution in [2.45, 2.75) is 49.5 Å². The molecule has 1 N–H and O–H groups in total. The van der Waals surface area contributed by atoms with Crippen molar-refractivity contribution >= 4 is 17.7 Å². The van der Waals surface area contributed by atoms with E-state index in [2.05, 4.69) is 4.98 Å².